The van der Waals surface area contributed by atoms with Gasteiger partial charge in [-0.3, -0.25) is 0 Å². The molecule has 0 spiro atoms. The van der Waals surface area contributed by atoms with Gasteiger partial charge in [0.15, 0.2) is 11.5 Å². The van der Waals surface area contributed by atoms with Crippen LogP contribution in [-0.4, -0.2) is 26.4 Å². The number of aliphatic imine (C=N–C) groups is 1. The van der Waals surface area contributed by atoms with E-state index in [1.165, 1.54) is 12.1 Å². The molecule has 1 atom stereocenters. The maximum Gasteiger partial charge on any atom is 0.433 e. The molecule has 1 aliphatic rings. The minimum atomic E-state index is -4.72. The van der Waals surface area contributed by atoms with E-state index >= 15 is 0 Å². The first kappa shape index (κ1) is 17.6. The van der Waals surface area contributed by atoms with Crippen molar-refractivity contribution in [2.75, 3.05) is 0 Å². The molecular formula is C17H9ClF4N4O. The molecule has 0 saturated heterocycles. The third kappa shape index (κ3) is 3.18. The molecule has 138 valence electrons. The molecule has 2 aromatic heterocycles. The average Bonchev–Trinajstić information content (AvgIpc) is 3.30. The number of aromatic nitrogens is 3. The van der Waals surface area contributed by atoms with Crippen LogP contribution >= 0.6 is 11.6 Å². The maximum absolute atomic E-state index is 13.2. The standard InChI is InChI=1S/C17H9ClF4N4O/c18-9-3-1-2-4-12(9)26-15-8(5-6-13(24-15)17(20,21)22)14(25-16(26)27)23-11-7-10(11)19/h1-6,10H,7H2/b23-11-/t10-/m1/s1. The van der Waals surface area contributed by atoms with Crippen molar-refractivity contribution in [3.8, 4) is 5.69 Å². The van der Waals surface area contributed by atoms with Crippen LogP contribution in [0.5, 0.6) is 0 Å². The highest BCUT2D eigenvalue weighted by molar-refractivity contribution is 6.32. The Kier molecular flexibility index (Phi) is 3.99. The largest absolute Gasteiger partial charge is 0.433 e. The maximum atomic E-state index is 13.2. The van der Waals surface area contributed by atoms with Gasteiger partial charge >= 0.3 is 11.9 Å². The minimum absolute atomic E-state index is 0.0779. The van der Waals surface area contributed by atoms with Crippen LogP contribution in [0.15, 0.2) is 46.2 Å². The zero-order valence-corrected chi connectivity index (χ0v) is 14.1. The number of benzene rings is 1. The summed E-state index contributed by atoms with van der Waals surface area (Å²) in [5, 5.41) is 0.209. The van der Waals surface area contributed by atoms with Gasteiger partial charge in [0.2, 0.25) is 0 Å². The molecule has 0 N–H and O–H groups in total. The number of pyridine rings is 1. The van der Waals surface area contributed by atoms with E-state index in [9.17, 15) is 22.4 Å². The number of hydrogen-bond donors (Lipinski definition) is 0. The zero-order chi connectivity index (χ0) is 19.3. The Balaban J connectivity index is 2.08. The molecule has 0 unspecified atom stereocenters. The van der Waals surface area contributed by atoms with Gasteiger partial charge in [-0.15, -0.1) is 0 Å². The van der Waals surface area contributed by atoms with Crippen molar-refractivity contribution in [1.82, 2.24) is 14.5 Å². The third-order valence-corrected chi connectivity index (χ3v) is 4.26. The van der Waals surface area contributed by atoms with Gasteiger partial charge in [-0.05, 0) is 24.3 Å². The molecule has 0 amide bonds. The number of nitrogens with zero attached hydrogens (tertiary/aromatic N) is 4. The lowest BCUT2D eigenvalue weighted by atomic mass is 10.2. The van der Waals surface area contributed by atoms with Gasteiger partial charge in [-0.2, -0.15) is 18.2 Å². The lowest BCUT2D eigenvalue weighted by Gasteiger charge is -2.13. The first-order valence-corrected chi connectivity index (χ1v) is 8.11. The van der Waals surface area contributed by atoms with Gasteiger partial charge in [0.25, 0.3) is 0 Å². The molecule has 1 aliphatic carbocycles. The zero-order valence-electron chi connectivity index (χ0n) is 13.3. The second-order valence-electron chi connectivity index (χ2n) is 5.85. The second-order valence-corrected chi connectivity index (χ2v) is 6.25. The molecule has 0 aliphatic heterocycles. The Morgan fingerprint density at radius 1 is 1.15 bits per heavy atom. The Morgan fingerprint density at radius 3 is 2.48 bits per heavy atom. The molecule has 1 fully saturated rings. The molecule has 5 nitrogen and oxygen atoms in total. The predicted molar refractivity (Wildman–Crippen MR) is 91.8 cm³/mol. The van der Waals surface area contributed by atoms with Gasteiger partial charge in [-0.25, -0.2) is 23.7 Å². The summed E-state index contributed by atoms with van der Waals surface area (Å²) < 4.78 is 53.4. The highest BCUT2D eigenvalue weighted by Gasteiger charge is 2.34. The van der Waals surface area contributed by atoms with Gasteiger partial charge in [0.05, 0.1) is 21.8 Å². The van der Waals surface area contributed by atoms with Crippen LogP contribution in [0, 0.1) is 0 Å². The molecule has 3 aromatic rings. The molecule has 0 radical (unpaired) electrons. The van der Waals surface area contributed by atoms with Crippen molar-refractivity contribution >= 4 is 34.2 Å². The van der Waals surface area contributed by atoms with Crippen molar-refractivity contribution < 1.29 is 17.6 Å². The topological polar surface area (TPSA) is 60.1 Å². The average molecular weight is 397 g/mol. The first-order valence-electron chi connectivity index (χ1n) is 7.73. The highest BCUT2D eigenvalue weighted by Crippen LogP contribution is 2.33. The quantitative estimate of drug-likeness (QED) is 0.608. The van der Waals surface area contributed by atoms with Gasteiger partial charge in [-0.1, -0.05) is 23.7 Å². The van der Waals surface area contributed by atoms with E-state index < -0.39 is 23.7 Å². The normalized spacial score (nSPS) is 18.3. The van der Waals surface area contributed by atoms with Crippen molar-refractivity contribution in [1.29, 1.82) is 0 Å². The summed E-state index contributed by atoms with van der Waals surface area (Å²) in [7, 11) is 0. The SMILES string of the molecule is O=c1nc(/N=C2/C[C@H]2F)c2ccc(C(F)(F)F)nc2n1-c1ccccc1Cl. The van der Waals surface area contributed by atoms with E-state index in [1.54, 1.807) is 12.1 Å². The molecule has 1 saturated carbocycles. The van der Waals surface area contributed by atoms with Gasteiger partial charge < -0.3 is 0 Å². The van der Waals surface area contributed by atoms with Crippen molar-refractivity contribution in [3.05, 3.63) is 57.6 Å². The summed E-state index contributed by atoms with van der Waals surface area (Å²) in [6, 6.07) is 7.98. The van der Waals surface area contributed by atoms with E-state index in [0.717, 1.165) is 16.7 Å². The fraction of sp³-hybridized carbons (Fsp3) is 0.176. The molecule has 4 rings (SSSR count). The third-order valence-electron chi connectivity index (χ3n) is 3.94. The lowest BCUT2D eigenvalue weighted by Crippen LogP contribution is -2.23. The Bertz CT molecular complexity index is 1160. The number of alkyl halides is 4. The van der Waals surface area contributed by atoms with Crippen molar-refractivity contribution in [2.45, 2.75) is 18.8 Å². The van der Waals surface area contributed by atoms with Crippen LogP contribution in [0.25, 0.3) is 16.7 Å². The number of halogens is 5. The van der Waals surface area contributed by atoms with Crippen LogP contribution in [0.4, 0.5) is 23.4 Å². The van der Waals surface area contributed by atoms with E-state index in [4.69, 9.17) is 11.6 Å². The van der Waals surface area contributed by atoms with Crippen LogP contribution in [0.3, 0.4) is 0 Å². The number of hydrogen-bond acceptors (Lipinski definition) is 4. The summed E-state index contributed by atoms with van der Waals surface area (Å²) in [4.78, 5) is 23.9. The summed E-state index contributed by atoms with van der Waals surface area (Å²) in [5.74, 6) is -0.172. The Labute approximate surface area is 154 Å². The van der Waals surface area contributed by atoms with E-state index in [2.05, 4.69) is 15.0 Å². The smallest absolute Gasteiger partial charge is 0.245 e. The van der Waals surface area contributed by atoms with Crippen molar-refractivity contribution in [3.63, 3.8) is 0 Å². The van der Waals surface area contributed by atoms with Gasteiger partial charge in [0, 0.05) is 6.42 Å². The Morgan fingerprint density at radius 2 is 1.85 bits per heavy atom. The monoisotopic (exact) mass is 396 g/mol. The van der Waals surface area contributed by atoms with E-state index in [1.807, 2.05) is 0 Å². The van der Waals surface area contributed by atoms with Crippen LogP contribution in [0.2, 0.25) is 5.02 Å². The molecule has 0 bridgehead atoms. The summed E-state index contributed by atoms with van der Waals surface area (Å²) in [5.41, 5.74) is -2.11. The van der Waals surface area contributed by atoms with E-state index in [0.29, 0.717) is 0 Å². The second kappa shape index (κ2) is 6.12. The molecule has 10 heteroatoms. The van der Waals surface area contributed by atoms with Crippen LogP contribution in [0.1, 0.15) is 12.1 Å². The number of fused-ring (bicyclic) bond motifs is 1. The Hall–Kier alpha value is -2.81. The van der Waals surface area contributed by atoms with Crippen LogP contribution in [-0.2, 0) is 6.18 Å². The summed E-state index contributed by atoms with van der Waals surface area (Å²) >= 11 is 6.10. The predicted octanol–water partition coefficient (Wildman–Crippen LogP) is 4.27. The number of para-hydroxylation sites is 1. The van der Waals surface area contributed by atoms with Crippen LogP contribution < -0.4 is 5.69 Å². The molecule has 2 heterocycles. The van der Waals surface area contributed by atoms with E-state index in [-0.39, 0.29) is 39.7 Å². The molecular weight excluding hydrogens is 388 g/mol. The molecule has 1 aromatic carbocycles. The first-order chi connectivity index (χ1) is 12.8. The number of rotatable bonds is 2. The highest BCUT2D eigenvalue weighted by atomic mass is 35.5. The van der Waals surface area contributed by atoms with Gasteiger partial charge in [0.1, 0.15) is 11.9 Å². The summed E-state index contributed by atoms with van der Waals surface area (Å²) in [6.07, 6.45) is -5.84. The van der Waals surface area contributed by atoms with Crippen molar-refractivity contribution in [2.24, 2.45) is 4.99 Å². The summed E-state index contributed by atoms with van der Waals surface area (Å²) in [6.45, 7) is 0. The molecule has 27 heavy (non-hydrogen) atoms. The lowest BCUT2D eigenvalue weighted by molar-refractivity contribution is -0.141. The minimum Gasteiger partial charge on any atom is -0.245 e. The fourth-order valence-electron chi connectivity index (χ4n) is 2.55. The fourth-order valence-corrected chi connectivity index (χ4v) is 2.77.